The van der Waals surface area contributed by atoms with E-state index in [1.807, 2.05) is 30.3 Å². The number of hydrogen-bond acceptors (Lipinski definition) is 2. The molecule has 2 N–H and O–H groups in total. The van der Waals surface area contributed by atoms with Gasteiger partial charge in [0.2, 0.25) is 11.8 Å². The number of hydrogen-bond donors (Lipinski definition) is 2. The molecule has 0 spiro atoms. The van der Waals surface area contributed by atoms with Crippen LogP contribution >= 0.6 is 0 Å². The van der Waals surface area contributed by atoms with Crippen molar-refractivity contribution in [2.24, 2.45) is 0 Å². The van der Waals surface area contributed by atoms with Crippen LogP contribution in [0.3, 0.4) is 0 Å². The van der Waals surface area contributed by atoms with Crippen LogP contribution in [0.15, 0.2) is 42.5 Å². The van der Waals surface area contributed by atoms with Crippen LogP contribution in [0.1, 0.15) is 19.4 Å². The zero-order chi connectivity index (χ0) is 13.4. The molecule has 0 aliphatic carbocycles. The Morgan fingerprint density at radius 1 is 1.28 bits per heavy atom. The van der Waals surface area contributed by atoms with Crippen molar-refractivity contribution < 1.29 is 9.59 Å². The lowest BCUT2D eigenvalue weighted by molar-refractivity contribution is -0.126. The third-order valence-electron chi connectivity index (χ3n) is 2.38. The molecule has 0 fully saturated rings. The van der Waals surface area contributed by atoms with Gasteiger partial charge >= 0.3 is 0 Å². The highest BCUT2D eigenvalue weighted by molar-refractivity contribution is 5.92. The van der Waals surface area contributed by atoms with Crippen molar-refractivity contribution in [3.63, 3.8) is 0 Å². The van der Waals surface area contributed by atoms with Crippen molar-refractivity contribution in [2.75, 3.05) is 0 Å². The summed E-state index contributed by atoms with van der Waals surface area (Å²) in [4.78, 5) is 23.0. The maximum absolute atomic E-state index is 11.7. The molecule has 0 saturated heterocycles. The zero-order valence-electron chi connectivity index (χ0n) is 10.6. The van der Waals surface area contributed by atoms with Gasteiger partial charge in [-0.1, -0.05) is 36.4 Å². The van der Waals surface area contributed by atoms with Gasteiger partial charge in [0.05, 0.1) is 0 Å². The highest BCUT2D eigenvalue weighted by Gasteiger charge is 2.13. The minimum atomic E-state index is -0.544. The van der Waals surface area contributed by atoms with Gasteiger partial charge in [-0.25, -0.2) is 0 Å². The minimum Gasteiger partial charge on any atom is -0.350 e. The molecule has 0 radical (unpaired) electrons. The van der Waals surface area contributed by atoms with E-state index in [0.29, 0.717) is 6.54 Å². The van der Waals surface area contributed by atoms with E-state index in [9.17, 15) is 9.59 Å². The van der Waals surface area contributed by atoms with E-state index in [-0.39, 0.29) is 11.8 Å². The van der Waals surface area contributed by atoms with Crippen LogP contribution < -0.4 is 10.6 Å². The first-order chi connectivity index (χ1) is 8.63. The summed E-state index contributed by atoms with van der Waals surface area (Å²) < 4.78 is 0. The van der Waals surface area contributed by atoms with E-state index in [4.69, 9.17) is 0 Å². The molecule has 0 unspecified atom stereocenters. The summed E-state index contributed by atoms with van der Waals surface area (Å²) in [5.74, 6) is -0.462. The fourth-order valence-corrected chi connectivity index (χ4v) is 1.42. The van der Waals surface area contributed by atoms with Gasteiger partial charge < -0.3 is 10.6 Å². The molecule has 1 rings (SSSR count). The quantitative estimate of drug-likeness (QED) is 0.771. The van der Waals surface area contributed by atoms with Crippen molar-refractivity contribution in [3.05, 3.63) is 48.0 Å². The molecule has 18 heavy (non-hydrogen) atoms. The Bertz CT molecular complexity index is 427. The Kier molecular flexibility index (Phi) is 5.64. The smallest absolute Gasteiger partial charge is 0.244 e. The van der Waals surface area contributed by atoms with E-state index in [1.54, 1.807) is 19.9 Å². The number of amides is 2. The van der Waals surface area contributed by atoms with E-state index in [1.165, 1.54) is 6.08 Å². The van der Waals surface area contributed by atoms with Gasteiger partial charge in [0, 0.05) is 6.54 Å². The summed E-state index contributed by atoms with van der Waals surface area (Å²) >= 11 is 0. The van der Waals surface area contributed by atoms with E-state index >= 15 is 0 Å². The summed E-state index contributed by atoms with van der Waals surface area (Å²) in [5.41, 5.74) is 1.03. The summed E-state index contributed by atoms with van der Waals surface area (Å²) in [5, 5.41) is 5.35. The van der Waals surface area contributed by atoms with Crippen molar-refractivity contribution in [1.82, 2.24) is 10.6 Å². The molecule has 0 aliphatic heterocycles. The normalized spacial score (nSPS) is 12.1. The molecular formula is C14H18N2O2. The number of carbonyl (C=O) groups excluding carboxylic acids is 2. The molecule has 96 valence electrons. The molecular weight excluding hydrogens is 228 g/mol. The molecule has 4 heteroatoms. The molecule has 1 aromatic rings. The molecule has 0 aromatic heterocycles. The van der Waals surface area contributed by atoms with Crippen molar-refractivity contribution in [1.29, 1.82) is 0 Å². The molecule has 0 aliphatic rings. The summed E-state index contributed by atoms with van der Waals surface area (Å²) in [6.45, 7) is 3.87. The Morgan fingerprint density at radius 2 is 1.94 bits per heavy atom. The van der Waals surface area contributed by atoms with Crippen LogP contribution in [0, 0.1) is 0 Å². The fraction of sp³-hybridized carbons (Fsp3) is 0.286. The molecule has 0 saturated carbocycles. The second-order valence-corrected chi connectivity index (χ2v) is 3.93. The van der Waals surface area contributed by atoms with Gasteiger partial charge in [0.15, 0.2) is 0 Å². The summed E-state index contributed by atoms with van der Waals surface area (Å²) in [6, 6.07) is 9.08. The van der Waals surface area contributed by atoms with Crippen LogP contribution in [-0.2, 0) is 16.1 Å². The van der Waals surface area contributed by atoms with Gasteiger partial charge in [0.1, 0.15) is 6.04 Å². The number of carbonyl (C=O) groups is 2. The molecule has 2 amide bonds. The molecule has 4 nitrogen and oxygen atoms in total. The third-order valence-corrected chi connectivity index (χ3v) is 2.38. The second kappa shape index (κ2) is 7.27. The third kappa shape index (κ3) is 4.82. The average molecular weight is 246 g/mol. The topological polar surface area (TPSA) is 58.2 Å². The number of rotatable bonds is 5. The summed E-state index contributed by atoms with van der Waals surface area (Å²) in [7, 11) is 0. The van der Waals surface area contributed by atoms with Gasteiger partial charge in [-0.3, -0.25) is 9.59 Å². The maximum Gasteiger partial charge on any atom is 0.244 e. The lowest BCUT2D eigenvalue weighted by Gasteiger charge is -2.12. The average Bonchev–Trinajstić information content (AvgIpc) is 2.37. The fourth-order valence-electron chi connectivity index (χ4n) is 1.42. The summed E-state index contributed by atoms with van der Waals surface area (Å²) in [6.07, 6.45) is 3.02. The number of benzene rings is 1. The second-order valence-electron chi connectivity index (χ2n) is 3.93. The lowest BCUT2D eigenvalue weighted by atomic mass is 10.2. The Labute approximate surface area is 107 Å². The van der Waals surface area contributed by atoms with Crippen LogP contribution in [0.4, 0.5) is 0 Å². The zero-order valence-corrected chi connectivity index (χ0v) is 10.6. The van der Waals surface area contributed by atoms with Gasteiger partial charge in [-0.15, -0.1) is 0 Å². The molecule has 0 heterocycles. The minimum absolute atomic E-state index is 0.197. The molecule has 1 atom stereocenters. The van der Waals surface area contributed by atoms with Crippen molar-refractivity contribution in [3.8, 4) is 0 Å². The van der Waals surface area contributed by atoms with Crippen LogP contribution in [0.2, 0.25) is 0 Å². The Hall–Kier alpha value is -2.10. The molecule has 0 bridgehead atoms. The monoisotopic (exact) mass is 246 g/mol. The number of nitrogens with one attached hydrogen (secondary N) is 2. The van der Waals surface area contributed by atoms with E-state index < -0.39 is 6.04 Å². The lowest BCUT2D eigenvalue weighted by Crippen LogP contribution is -2.44. The first-order valence-electron chi connectivity index (χ1n) is 5.88. The Balaban J connectivity index is 2.39. The van der Waals surface area contributed by atoms with Crippen LogP contribution in [0.25, 0.3) is 0 Å². The van der Waals surface area contributed by atoms with Crippen molar-refractivity contribution >= 4 is 11.8 Å². The molecule has 1 aromatic carbocycles. The van der Waals surface area contributed by atoms with Gasteiger partial charge in [0.25, 0.3) is 0 Å². The van der Waals surface area contributed by atoms with Crippen molar-refractivity contribution in [2.45, 2.75) is 26.4 Å². The predicted molar refractivity (Wildman–Crippen MR) is 70.7 cm³/mol. The highest BCUT2D eigenvalue weighted by Crippen LogP contribution is 1.97. The highest BCUT2D eigenvalue weighted by atomic mass is 16.2. The largest absolute Gasteiger partial charge is 0.350 e. The maximum atomic E-state index is 11.7. The first kappa shape index (κ1) is 14.0. The SMILES string of the molecule is CC=CC(=O)N[C@H](C)C(=O)NCc1ccccc1. The van der Waals surface area contributed by atoms with Gasteiger partial charge in [-0.05, 0) is 25.5 Å². The van der Waals surface area contributed by atoms with E-state index in [0.717, 1.165) is 5.56 Å². The Morgan fingerprint density at radius 3 is 2.56 bits per heavy atom. The van der Waals surface area contributed by atoms with E-state index in [2.05, 4.69) is 10.6 Å². The predicted octanol–water partition coefficient (Wildman–Crippen LogP) is 1.38. The number of allylic oxidation sites excluding steroid dienone is 1. The first-order valence-corrected chi connectivity index (χ1v) is 5.88. The van der Waals surface area contributed by atoms with Crippen LogP contribution in [0.5, 0.6) is 0 Å². The van der Waals surface area contributed by atoms with Gasteiger partial charge in [-0.2, -0.15) is 0 Å². The standard InChI is InChI=1S/C14H18N2O2/c1-3-7-13(17)16-11(2)14(18)15-10-12-8-5-4-6-9-12/h3-9,11H,10H2,1-2H3,(H,15,18)(H,16,17)/t11-/m1/s1. The van der Waals surface area contributed by atoms with Crippen LogP contribution in [-0.4, -0.2) is 17.9 Å².